The zero-order chi connectivity index (χ0) is 27.4. The van der Waals surface area contributed by atoms with Crippen molar-refractivity contribution in [3.05, 3.63) is 100 Å². The first kappa shape index (κ1) is 24.9. The molecule has 190 valence electrons. The van der Waals surface area contributed by atoms with Gasteiger partial charge in [0, 0.05) is 16.5 Å². The van der Waals surface area contributed by atoms with Crippen LogP contribution >= 0.6 is 0 Å². The summed E-state index contributed by atoms with van der Waals surface area (Å²) in [5.74, 6) is -4.36. The molecule has 1 heterocycles. The molecule has 1 aliphatic carbocycles. The smallest absolute Gasteiger partial charge is 0.336 e. The van der Waals surface area contributed by atoms with Crippen LogP contribution in [0.5, 0.6) is 0 Å². The highest BCUT2D eigenvalue weighted by Crippen LogP contribution is 2.35. The molecule has 0 aliphatic heterocycles. The maximum Gasteiger partial charge on any atom is 0.336 e. The molecule has 0 saturated heterocycles. The van der Waals surface area contributed by atoms with Crippen molar-refractivity contribution in [1.82, 2.24) is 4.98 Å². The third-order valence-electron chi connectivity index (χ3n) is 6.28. The Morgan fingerprint density at radius 2 is 1.63 bits per heavy atom. The summed E-state index contributed by atoms with van der Waals surface area (Å²) in [6.07, 6.45) is 0. The van der Waals surface area contributed by atoms with Gasteiger partial charge in [-0.2, -0.15) is 8.42 Å². The number of nitrogens with one attached hydrogen (secondary N) is 1. The quantitative estimate of drug-likeness (QED) is 0.256. The van der Waals surface area contributed by atoms with Gasteiger partial charge in [-0.25, -0.2) is 9.78 Å². The lowest BCUT2D eigenvalue weighted by molar-refractivity contribution is 0.0691. The van der Waals surface area contributed by atoms with Crippen molar-refractivity contribution in [2.24, 2.45) is 0 Å². The molecule has 38 heavy (non-hydrogen) atoms. The maximum absolute atomic E-state index is 13.1. The summed E-state index contributed by atoms with van der Waals surface area (Å²) in [5.41, 5.74) is 1.02. The Balaban J connectivity index is 1.56. The summed E-state index contributed by atoms with van der Waals surface area (Å²) in [4.78, 5) is 54.8. The average molecular weight is 531 g/mol. The zero-order valence-electron chi connectivity index (χ0n) is 19.6. The molecule has 1 atom stereocenters. The number of carbonyl (C=O) groups excluding carboxylic acids is 3. The number of aryl methyl sites for hydroxylation is 1. The van der Waals surface area contributed by atoms with Gasteiger partial charge in [0.25, 0.3) is 16.0 Å². The molecule has 10 nitrogen and oxygen atoms in total. The molecule has 1 aliphatic rings. The number of benzene rings is 3. The average Bonchev–Trinajstić information content (AvgIpc) is 3.11. The standard InChI is InChI=1S/C27H18N2O8S/c1-13-5-8-16-18(11-13)25(31)22(24(16)30)20-10-6-14-3-2-4-21(23(14)28-20)29-26(32)19-12-15(38(35,36)37)7-9-17(19)27(33)34/h2-12,22H,1H3,(H,29,32)(H,33,34)(H,35,36,37). The van der Waals surface area contributed by atoms with Crippen LogP contribution < -0.4 is 5.32 Å². The first-order valence-corrected chi connectivity index (χ1v) is 12.6. The minimum absolute atomic E-state index is 0.134. The zero-order valence-corrected chi connectivity index (χ0v) is 20.4. The van der Waals surface area contributed by atoms with Gasteiger partial charge >= 0.3 is 5.97 Å². The van der Waals surface area contributed by atoms with Crippen LogP contribution in [0.1, 0.15) is 58.6 Å². The van der Waals surface area contributed by atoms with E-state index < -0.39 is 43.9 Å². The van der Waals surface area contributed by atoms with Gasteiger partial charge in [-0.3, -0.25) is 18.9 Å². The Morgan fingerprint density at radius 3 is 2.34 bits per heavy atom. The number of anilines is 1. The number of fused-ring (bicyclic) bond motifs is 2. The van der Waals surface area contributed by atoms with Gasteiger partial charge in [-0.05, 0) is 43.3 Å². The van der Waals surface area contributed by atoms with E-state index in [0.717, 1.165) is 23.8 Å². The lowest BCUT2D eigenvalue weighted by Gasteiger charge is -2.13. The van der Waals surface area contributed by atoms with Crippen LogP contribution in [-0.2, 0) is 10.1 Å². The fourth-order valence-corrected chi connectivity index (χ4v) is 4.95. The highest BCUT2D eigenvalue weighted by Gasteiger charge is 2.40. The van der Waals surface area contributed by atoms with Crippen LogP contribution in [0.15, 0.2) is 71.6 Å². The number of ketones is 2. The molecule has 0 fully saturated rings. The fourth-order valence-electron chi connectivity index (χ4n) is 4.45. The molecule has 0 spiro atoms. The second-order valence-electron chi connectivity index (χ2n) is 8.77. The first-order valence-electron chi connectivity index (χ1n) is 11.2. The SMILES string of the molecule is Cc1ccc2c(c1)C(=O)C(c1ccc3cccc(NC(=O)c4cc(S(=O)(=O)O)ccc4C(=O)O)c3n1)C2=O. The highest BCUT2D eigenvalue weighted by molar-refractivity contribution is 7.85. The van der Waals surface area contributed by atoms with E-state index in [2.05, 4.69) is 10.3 Å². The van der Waals surface area contributed by atoms with Gasteiger partial charge in [0.1, 0.15) is 5.92 Å². The van der Waals surface area contributed by atoms with E-state index in [-0.39, 0.29) is 28.5 Å². The van der Waals surface area contributed by atoms with E-state index in [4.69, 9.17) is 0 Å². The van der Waals surface area contributed by atoms with Gasteiger partial charge in [0.05, 0.1) is 32.9 Å². The van der Waals surface area contributed by atoms with Crippen molar-refractivity contribution in [2.45, 2.75) is 17.7 Å². The van der Waals surface area contributed by atoms with E-state index in [1.54, 1.807) is 42.5 Å². The number of Topliss-reactive ketones (excluding diaryl/α,β-unsaturated/α-hetero) is 2. The third-order valence-corrected chi connectivity index (χ3v) is 7.13. The number of nitrogens with zero attached hydrogens (tertiary/aromatic N) is 1. The number of amides is 1. The molecule has 3 N–H and O–H groups in total. The molecule has 3 aromatic carbocycles. The number of carbonyl (C=O) groups is 4. The molecular formula is C27H18N2O8S. The molecule has 0 bridgehead atoms. The van der Waals surface area contributed by atoms with Crippen LogP contribution in [0.3, 0.4) is 0 Å². The number of rotatable bonds is 5. The summed E-state index contributed by atoms with van der Waals surface area (Å²) in [6.45, 7) is 1.82. The Morgan fingerprint density at radius 1 is 0.895 bits per heavy atom. The Bertz CT molecular complexity index is 1830. The summed E-state index contributed by atoms with van der Waals surface area (Å²) in [7, 11) is -4.71. The topological polar surface area (TPSA) is 168 Å². The van der Waals surface area contributed by atoms with Crippen LogP contribution in [0, 0.1) is 6.92 Å². The van der Waals surface area contributed by atoms with E-state index in [9.17, 15) is 37.3 Å². The number of aromatic nitrogens is 1. The lowest BCUT2D eigenvalue weighted by Crippen LogP contribution is -2.18. The summed E-state index contributed by atoms with van der Waals surface area (Å²) in [6, 6.07) is 15.5. The molecule has 11 heteroatoms. The predicted molar refractivity (Wildman–Crippen MR) is 135 cm³/mol. The summed E-state index contributed by atoms with van der Waals surface area (Å²) in [5, 5.41) is 12.6. The molecule has 1 aromatic heterocycles. The van der Waals surface area contributed by atoms with Crippen LogP contribution in [-0.4, -0.2) is 46.5 Å². The second-order valence-corrected chi connectivity index (χ2v) is 10.2. The fraction of sp³-hybridized carbons (Fsp3) is 0.0741. The minimum Gasteiger partial charge on any atom is -0.478 e. The lowest BCUT2D eigenvalue weighted by atomic mass is 9.98. The van der Waals surface area contributed by atoms with Gasteiger partial charge < -0.3 is 10.4 Å². The van der Waals surface area contributed by atoms with Crippen molar-refractivity contribution >= 4 is 50.2 Å². The number of hydrogen-bond donors (Lipinski definition) is 3. The minimum atomic E-state index is -4.71. The monoisotopic (exact) mass is 530 g/mol. The first-order chi connectivity index (χ1) is 18.0. The second kappa shape index (κ2) is 8.98. The number of carboxylic acids is 1. The largest absolute Gasteiger partial charge is 0.478 e. The number of carboxylic acid groups (broad SMARTS) is 1. The Kier molecular flexibility index (Phi) is 5.89. The van der Waals surface area contributed by atoms with Gasteiger partial charge in [0.2, 0.25) is 0 Å². The van der Waals surface area contributed by atoms with E-state index in [1.165, 1.54) is 6.07 Å². The normalized spacial score (nSPS) is 14.9. The van der Waals surface area contributed by atoms with Crippen molar-refractivity contribution in [3.63, 3.8) is 0 Å². The molecule has 1 amide bonds. The Hall–Kier alpha value is -4.74. The van der Waals surface area contributed by atoms with Crippen LogP contribution in [0.2, 0.25) is 0 Å². The third kappa shape index (κ3) is 4.23. The van der Waals surface area contributed by atoms with Crippen LogP contribution in [0.25, 0.3) is 10.9 Å². The van der Waals surface area contributed by atoms with Crippen molar-refractivity contribution in [3.8, 4) is 0 Å². The Labute approximate surface area is 215 Å². The summed E-state index contributed by atoms with van der Waals surface area (Å²) >= 11 is 0. The predicted octanol–water partition coefficient (Wildman–Crippen LogP) is 3.90. The molecule has 4 aromatic rings. The van der Waals surface area contributed by atoms with Crippen molar-refractivity contribution < 1.29 is 37.3 Å². The van der Waals surface area contributed by atoms with Crippen molar-refractivity contribution in [2.75, 3.05) is 5.32 Å². The van der Waals surface area contributed by atoms with Crippen molar-refractivity contribution in [1.29, 1.82) is 0 Å². The molecular weight excluding hydrogens is 512 g/mol. The molecule has 0 radical (unpaired) electrons. The van der Waals surface area contributed by atoms with E-state index in [1.807, 2.05) is 6.92 Å². The van der Waals surface area contributed by atoms with Gasteiger partial charge in [-0.15, -0.1) is 0 Å². The molecule has 5 rings (SSSR count). The van der Waals surface area contributed by atoms with Gasteiger partial charge in [-0.1, -0.05) is 35.9 Å². The number of hydrogen-bond acceptors (Lipinski definition) is 7. The summed E-state index contributed by atoms with van der Waals surface area (Å²) < 4.78 is 32.4. The maximum atomic E-state index is 13.1. The van der Waals surface area contributed by atoms with E-state index >= 15 is 0 Å². The van der Waals surface area contributed by atoms with Gasteiger partial charge in [0.15, 0.2) is 11.6 Å². The number of para-hydroxylation sites is 1. The highest BCUT2D eigenvalue weighted by atomic mass is 32.2. The van der Waals surface area contributed by atoms with Crippen LogP contribution in [0.4, 0.5) is 5.69 Å². The van der Waals surface area contributed by atoms with E-state index in [0.29, 0.717) is 16.5 Å². The number of pyridine rings is 1. The molecule has 0 saturated carbocycles. The number of aromatic carboxylic acids is 1. The molecule has 1 unspecified atom stereocenters.